The van der Waals surface area contributed by atoms with Crippen LogP contribution in [0.3, 0.4) is 0 Å². The van der Waals surface area contributed by atoms with E-state index in [1.165, 1.54) is 0 Å². The van der Waals surface area contributed by atoms with E-state index in [-0.39, 0.29) is 49.1 Å². The van der Waals surface area contributed by atoms with Crippen LogP contribution in [-0.2, 0) is 36.8 Å². The van der Waals surface area contributed by atoms with Gasteiger partial charge in [-0.3, -0.25) is 9.00 Å². The summed E-state index contributed by atoms with van der Waals surface area (Å²) in [5.74, 6) is -0.803. The molecule has 29 heavy (non-hydrogen) atoms. The molecular weight excluding hydrogens is 409 g/mol. The van der Waals surface area contributed by atoms with Crippen molar-refractivity contribution in [3.05, 3.63) is 65.7 Å². The average molecular weight is 431 g/mol. The first-order valence-corrected chi connectivity index (χ1v) is 9.11. The summed E-state index contributed by atoms with van der Waals surface area (Å²) in [5.41, 5.74) is 6.78. The minimum Gasteiger partial charge on any atom is -0.768 e. The van der Waals surface area contributed by atoms with Crippen LogP contribution in [0.4, 0.5) is 4.79 Å². The van der Waals surface area contributed by atoms with E-state index in [0.29, 0.717) is 4.90 Å². The SMILES string of the molecule is CCOC(=O)C=O.Cc1ccc(S(=O)[O-])cc1.NC(=O)OCc1ccccc1.[Na+]. The summed E-state index contributed by atoms with van der Waals surface area (Å²) in [4.78, 5) is 29.8. The number of hydrogen-bond donors (Lipinski definition) is 1. The van der Waals surface area contributed by atoms with Gasteiger partial charge in [0.25, 0.3) is 0 Å². The van der Waals surface area contributed by atoms with Gasteiger partial charge in [-0.1, -0.05) is 48.0 Å². The Balaban J connectivity index is 0. The maximum atomic E-state index is 10.3. The number of amides is 1. The number of carbonyl (C=O) groups excluding carboxylic acids is 3. The van der Waals surface area contributed by atoms with E-state index >= 15 is 0 Å². The Labute approximate surface area is 194 Å². The molecule has 1 unspecified atom stereocenters. The molecule has 2 rings (SSSR count). The molecule has 0 aliphatic carbocycles. The van der Waals surface area contributed by atoms with Crippen LogP contribution in [0.5, 0.6) is 0 Å². The molecule has 0 saturated carbocycles. The fraction of sp³-hybridized carbons (Fsp3) is 0.211. The molecule has 0 aliphatic heterocycles. The normalized spacial score (nSPS) is 9.76. The zero-order valence-corrected chi connectivity index (χ0v) is 19.3. The van der Waals surface area contributed by atoms with Crippen LogP contribution >= 0.6 is 0 Å². The molecule has 8 nitrogen and oxygen atoms in total. The van der Waals surface area contributed by atoms with Gasteiger partial charge in [0.05, 0.1) is 6.61 Å². The fourth-order valence-electron chi connectivity index (χ4n) is 1.55. The monoisotopic (exact) mass is 431 g/mol. The van der Waals surface area contributed by atoms with Crippen molar-refractivity contribution < 1.29 is 62.2 Å². The van der Waals surface area contributed by atoms with Crippen molar-refractivity contribution in [3.63, 3.8) is 0 Å². The first-order chi connectivity index (χ1) is 13.3. The summed E-state index contributed by atoms with van der Waals surface area (Å²) in [6, 6.07) is 16.1. The zero-order valence-electron chi connectivity index (χ0n) is 16.5. The van der Waals surface area contributed by atoms with Gasteiger partial charge in [0, 0.05) is 4.90 Å². The van der Waals surface area contributed by atoms with Gasteiger partial charge in [-0.15, -0.1) is 0 Å². The standard InChI is InChI=1S/C8H9NO2.C7H8O2S.C4H6O3.Na/c9-8(10)11-6-7-4-2-1-3-5-7;1-6-2-4-7(5-3-6)10(8)9;1-2-7-4(6)3-5;/h1-5H,6H2,(H2,9,10);2-5H,1H3,(H,8,9);3H,2H2,1H3;/q;;;+1/p-1. The van der Waals surface area contributed by atoms with Gasteiger partial charge in [0.1, 0.15) is 6.61 Å². The number of carbonyl (C=O) groups is 3. The quantitative estimate of drug-likeness (QED) is 0.217. The molecule has 0 fully saturated rings. The van der Waals surface area contributed by atoms with E-state index in [1.54, 1.807) is 31.2 Å². The summed E-state index contributed by atoms with van der Waals surface area (Å²) >= 11 is -2.09. The van der Waals surface area contributed by atoms with Crippen LogP contribution in [0, 0.1) is 6.92 Å². The van der Waals surface area contributed by atoms with Crippen LogP contribution in [0.1, 0.15) is 18.1 Å². The zero-order chi connectivity index (χ0) is 21.4. The Morgan fingerprint density at radius 2 is 1.62 bits per heavy atom. The number of aryl methyl sites for hydroxylation is 1. The predicted molar refractivity (Wildman–Crippen MR) is 102 cm³/mol. The first kappa shape index (κ1) is 29.2. The van der Waals surface area contributed by atoms with Crippen LogP contribution in [0.15, 0.2) is 59.5 Å². The fourth-order valence-corrected chi connectivity index (χ4v) is 1.91. The van der Waals surface area contributed by atoms with Crippen molar-refractivity contribution in [2.24, 2.45) is 5.73 Å². The summed E-state index contributed by atoms with van der Waals surface area (Å²) in [6.07, 6.45) is -0.599. The van der Waals surface area contributed by atoms with E-state index < -0.39 is 23.1 Å². The Morgan fingerprint density at radius 1 is 1.07 bits per heavy atom. The number of primary amides is 1. The number of benzene rings is 2. The van der Waals surface area contributed by atoms with Crippen LogP contribution in [0.25, 0.3) is 0 Å². The molecule has 0 heterocycles. The van der Waals surface area contributed by atoms with Gasteiger partial charge in [-0.2, -0.15) is 0 Å². The Morgan fingerprint density at radius 3 is 2.00 bits per heavy atom. The van der Waals surface area contributed by atoms with Gasteiger partial charge in [-0.25, -0.2) is 9.59 Å². The predicted octanol–water partition coefficient (Wildman–Crippen LogP) is -0.733. The summed E-state index contributed by atoms with van der Waals surface area (Å²) in [7, 11) is 0. The molecule has 2 aromatic carbocycles. The van der Waals surface area contributed by atoms with Gasteiger partial charge in [-0.05, 0) is 42.6 Å². The number of rotatable bonds is 5. The number of hydrogen-bond acceptors (Lipinski definition) is 7. The molecule has 1 amide bonds. The number of aldehydes is 1. The van der Waals surface area contributed by atoms with E-state index in [0.717, 1.165) is 11.1 Å². The van der Waals surface area contributed by atoms with Crippen molar-refractivity contribution in [2.75, 3.05) is 6.61 Å². The molecule has 0 aliphatic rings. The second kappa shape index (κ2) is 18.0. The van der Waals surface area contributed by atoms with Crippen LogP contribution < -0.4 is 35.3 Å². The maximum absolute atomic E-state index is 10.3. The molecule has 10 heteroatoms. The van der Waals surface area contributed by atoms with Gasteiger partial charge < -0.3 is 19.8 Å². The van der Waals surface area contributed by atoms with Gasteiger partial charge in [0.2, 0.25) is 6.29 Å². The number of esters is 1. The van der Waals surface area contributed by atoms with E-state index in [2.05, 4.69) is 9.47 Å². The van der Waals surface area contributed by atoms with E-state index in [4.69, 9.17) is 5.73 Å². The van der Waals surface area contributed by atoms with Crippen molar-refractivity contribution in [1.82, 2.24) is 0 Å². The summed E-state index contributed by atoms with van der Waals surface area (Å²) in [5, 5.41) is 0. The molecular formula is C19H22NNaO7S. The van der Waals surface area contributed by atoms with Gasteiger partial charge >= 0.3 is 41.6 Å². The molecule has 152 valence electrons. The third kappa shape index (κ3) is 16.6. The molecule has 2 aromatic rings. The Bertz CT molecular complexity index is 755. The maximum Gasteiger partial charge on any atom is 1.00 e. The minimum atomic E-state index is -2.09. The molecule has 0 radical (unpaired) electrons. The summed E-state index contributed by atoms with van der Waals surface area (Å²) < 4.78 is 29.4. The minimum absolute atomic E-state index is 0. The second-order valence-corrected chi connectivity index (χ2v) is 5.95. The van der Waals surface area contributed by atoms with Crippen LogP contribution in [0.2, 0.25) is 0 Å². The first-order valence-electron chi connectivity index (χ1n) is 8.04. The van der Waals surface area contributed by atoms with Crippen molar-refractivity contribution in [3.8, 4) is 0 Å². The van der Waals surface area contributed by atoms with Crippen molar-refractivity contribution in [2.45, 2.75) is 25.3 Å². The van der Waals surface area contributed by atoms with Gasteiger partial charge in [0.15, 0.2) is 0 Å². The molecule has 0 bridgehead atoms. The summed E-state index contributed by atoms with van der Waals surface area (Å²) in [6.45, 7) is 4.06. The second-order valence-electron chi connectivity index (χ2n) is 5.01. The molecule has 2 N–H and O–H groups in total. The smallest absolute Gasteiger partial charge is 0.768 e. The third-order valence-electron chi connectivity index (χ3n) is 2.82. The van der Waals surface area contributed by atoms with Crippen LogP contribution in [-0.4, -0.2) is 33.7 Å². The largest absolute Gasteiger partial charge is 1.00 e. The average Bonchev–Trinajstić information content (AvgIpc) is 2.68. The molecule has 0 spiro atoms. The Hall–Kier alpha value is -2.04. The Kier molecular flexibility index (Phi) is 18.1. The molecule has 1 atom stereocenters. The van der Waals surface area contributed by atoms with E-state index in [1.807, 2.05) is 37.3 Å². The third-order valence-corrected chi connectivity index (χ3v) is 3.48. The van der Waals surface area contributed by atoms with Crippen molar-refractivity contribution >= 4 is 29.4 Å². The van der Waals surface area contributed by atoms with E-state index in [9.17, 15) is 23.1 Å². The molecule has 0 saturated heterocycles. The number of nitrogens with two attached hydrogens (primary N) is 1. The molecule has 0 aromatic heterocycles. The topological polar surface area (TPSA) is 136 Å². The van der Waals surface area contributed by atoms with Crippen molar-refractivity contribution in [1.29, 1.82) is 0 Å². The number of ether oxygens (including phenoxy) is 2.